The second-order valence-corrected chi connectivity index (χ2v) is 8.31. The van der Waals surface area contributed by atoms with E-state index in [1.54, 1.807) is 43.6 Å². The molecule has 1 aliphatic heterocycles. The Bertz CT molecular complexity index is 1140. The molecule has 33 heavy (non-hydrogen) atoms. The first-order valence-corrected chi connectivity index (χ1v) is 10.9. The SMILES string of the molecule is CC1OCC(=O)C1NC(=O)C(CC(=O)n1ccc(-c2ccccc2)c1)Cc1ccc(O)cc1. The van der Waals surface area contributed by atoms with E-state index in [0.717, 1.165) is 16.7 Å². The first kappa shape index (κ1) is 22.5. The summed E-state index contributed by atoms with van der Waals surface area (Å²) in [5.74, 6) is -1.34. The number of hydrogen-bond donors (Lipinski definition) is 2. The first-order valence-electron chi connectivity index (χ1n) is 10.9. The summed E-state index contributed by atoms with van der Waals surface area (Å²) in [6.45, 7) is 1.71. The highest BCUT2D eigenvalue weighted by molar-refractivity contribution is 5.94. The summed E-state index contributed by atoms with van der Waals surface area (Å²) < 4.78 is 6.81. The molecule has 1 aliphatic rings. The normalized spacial score (nSPS) is 18.8. The van der Waals surface area contributed by atoms with Crippen LogP contribution in [-0.2, 0) is 20.7 Å². The Balaban J connectivity index is 1.51. The number of Topliss-reactive ketones (excluding diaryl/α,β-unsaturated/α-hetero) is 1. The molecule has 1 saturated heterocycles. The van der Waals surface area contributed by atoms with Crippen LogP contribution < -0.4 is 5.32 Å². The molecule has 7 nitrogen and oxygen atoms in total. The van der Waals surface area contributed by atoms with E-state index in [1.807, 2.05) is 36.4 Å². The van der Waals surface area contributed by atoms with Crippen molar-refractivity contribution in [1.29, 1.82) is 0 Å². The van der Waals surface area contributed by atoms with Crippen LogP contribution in [0.25, 0.3) is 11.1 Å². The average molecular weight is 447 g/mol. The Labute approximate surface area is 192 Å². The molecule has 1 amide bonds. The van der Waals surface area contributed by atoms with Crippen LogP contribution in [0.1, 0.15) is 23.7 Å². The van der Waals surface area contributed by atoms with Gasteiger partial charge in [-0.25, -0.2) is 0 Å². The van der Waals surface area contributed by atoms with E-state index in [-0.39, 0.29) is 36.4 Å². The predicted octanol–water partition coefficient (Wildman–Crippen LogP) is 3.22. The fraction of sp³-hybridized carbons (Fsp3) is 0.269. The first-order chi connectivity index (χ1) is 15.9. The minimum absolute atomic E-state index is 0.0285. The van der Waals surface area contributed by atoms with Crippen LogP contribution in [-0.4, -0.2) is 46.0 Å². The molecular formula is C26H26N2O5. The van der Waals surface area contributed by atoms with Crippen LogP contribution in [0, 0.1) is 5.92 Å². The lowest BCUT2D eigenvalue weighted by Crippen LogP contribution is -2.47. The summed E-state index contributed by atoms with van der Waals surface area (Å²) in [6.07, 6.45) is 3.29. The Morgan fingerprint density at radius 3 is 2.48 bits per heavy atom. The van der Waals surface area contributed by atoms with Crippen molar-refractivity contribution >= 4 is 17.6 Å². The molecule has 3 unspecified atom stereocenters. The average Bonchev–Trinajstić information content (AvgIpc) is 3.43. The van der Waals surface area contributed by atoms with Crippen molar-refractivity contribution in [3.05, 3.63) is 78.6 Å². The molecule has 170 valence electrons. The number of nitrogens with one attached hydrogen (secondary N) is 1. The van der Waals surface area contributed by atoms with Gasteiger partial charge in [-0.15, -0.1) is 0 Å². The number of hydrogen-bond acceptors (Lipinski definition) is 5. The van der Waals surface area contributed by atoms with Gasteiger partial charge < -0.3 is 15.2 Å². The lowest BCUT2D eigenvalue weighted by molar-refractivity contribution is -0.129. The van der Waals surface area contributed by atoms with Crippen LogP contribution in [0.3, 0.4) is 0 Å². The number of aromatic hydroxyl groups is 1. The highest BCUT2D eigenvalue weighted by Gasteiger charge is 2.35. The fourth-order valence-corrected chi connectivity index (χ4v) is 3.97. The minimum Gasteiger partial charge on any atom is -0.508 e. The van der Waals surface area contributed by atoms with Crippen molar-refractivity contribution in [1.82, 2.24) is 9.88 Å². The molecule has 2 aromatic carbocycles. The quantitative estimate of drug-likeness (QED) is 0.581. The zero-order chi connectivity index (χ0) is 23.4. The van der Waals surface area contributed by atoms with Crippen molar-refractivity contribution in [2.24, 2.45) is 5.92 Å². The highest BCUT2D eigenvalue weighted by Crippen LogP contribution is 2.22. The Kier molecular flexibility index (Phi) is 6.70. The molecule has 1 fully saturated rings. The summed E-state index contributed by atoms with van der Waals surface area (Å²) in [5, 5.41) is 12.3. The molecule has 1 aromatic heterocycles. The predicted molar refractivity (Wildman–Crippen MR) is 123 cm³/mol. The molecule has 0 bridgehead atoms. The van der Waals surface area contributed by atoms with Gasteiger partial charge in [0.15, 0.2) is 5.78 Å². The van der Waals surface area contributed by atoms with E-state index in [1.165, 1.54) is 4.57 Å². The van der Waals surface area contributed by atoms with Gasteiger partial charge in [0.2, 0.25) is 11.8 Å². The van der Waals surface area contributed by atoms with E-state index in [4.69, 9.17) is 4.74 Å². The van der Waals surface area contributed by atoms with Crippen LogP contribution >= 0.6 is 0 Å². The van der Waals surface area contributed by atoms with Gasteiger partial charge in [-0.2, -0.15) is 0 Å². The number of ether oxygens (including phenoxy) is 1. The number of ketones is 1. The molecule has 2 heterocycles. The van der Waals surface area contributed by atoms with Gasteiger partial charge in [0, 0.05) is 18.8 Å². The van der Waals surface area contributed by atoms with Crippen molar-refractivity contribution in [2.75, 3.05) is 6.61 Å². The molecule has 7 heteroatoms. The van der Waals surface area contributed by atoms with E-state index in [9.17, 15) is 19.5 Å². The Morgan fingerprint density at radius 1 is 1.09 bits per heavy atom. The third-order valence-electron chi connectivity index (χ3n) is 5.90. The Hall–Kier alpha value is -3.71. The lowest BCUT2D eigenvalue weighted by Gasteiger charge is -2.21. The van der Waals surface area contributed by atoms with Crippen molar-refractivity contribution < 1.29 is 24.2 Å². The topological polar surface area (TPSA) is 97.6 Å². The standard InChI is InChI=1S/C26H26N2O5/c1-17-25(23(30)16-33-17)27-26(32)21(13-18-7-9-22(29)10-8-18)14-24(31)28-12-11-20(15-28)19-5-3-2-4-6-19/h2-12,15,17,21,25,29H,13-14,16H2,1H3,(H,27,32). The maximum Gasteiger partial charge on any atom is 0.231 e. The maximum atomic E-state index is 13.1. The van der Waals surface area contributed by atoms with Gasteiger partial charge in [0.25, 0.3) is 0 Å². The van der Waals surface area contributed by atoms with E-state index >= 15 is 0 Å². The van der Waals surface area contributed by atoms with Crippen LogP contribution in [0.2, 0.25) is 0 Å². The molecular weight excluding hydrogens is 420 g/mol. The van der Waals surface area contributed by atoms with Gasteiger partial charge in [0.1, 0.15) is 18.4 Å². The largest absolute Gasteiger partial charge is 0.508 e. The zero-order valence-electron chi connectivity index (χ0n) is 18.3. The van der Waals surface area contributed by atoms with Crippen LogP contribution in [0.15, 0.2) is 73.1 Å². The number of phenols is 1. The third-order valence-corrected chi connectivity index (χ3v) is 5.90. The van der Waals surface area contributed by atoms with E-state index in [2.05, 4.69) is 5.32 Å². The second kappa shape index (κ2) is 9.83. The van der Waals surface area contributed by atoms with Gasteiger partial charge in [0.05, 0.1) is 12.0 Å². The lowest BCUT2D eigenvalue weighted by atomic mass is 9.94. The summed E-state index contributed by atoms with van der Waals surface area (Å²) in [6, 6.07) is 17.4. The minimum atomic E-state index is -0.716. The van der Waals surface area contributed by atoms with E-state index in [0.29, 0.717) is 6.42 Å². The fourth-order valence-electron chi connectivity index (χ4n) is 3.97. The van der Waals surface area contributed by atoms with Gasteiger partial charge >= 0.3 is 0 Å². The second-order valence-electron chi connectivity index (χ2n) is 8.31. The molecule has 2 N–H and O–H groups in total. The molecule has 0 saturated carbocycles. The van der Waals surface area contributed by atoms with Gasteiger partial charge in [-0.1, -0.05) is 42.5 Å². The van der Waals surface area contributed by atoms with Gasteiger partial charge in [-0.3, -0.25) is 19.0 Å². The van der Waals surface area contributed by atoms with Crippen LogP contribution in [0.5, 0.6) is 5.75 Å². The molecule has 4 rings (SSSR count). The van der Waals surface area contributed by atoms with Crippen LogP contribution in [0.4, 0.5) is 0 Å². The smallest absolute Gasteiger partial charge is 0.231 e. The van der Waals surface area contributed by atoms with Crippen molar-refractivity contribution in [3.63, 3.8) is 0 Å². The molecule has 0 radical (unpaired) electrons. The third kappa shape index (κ3) is 5.38. The summed E-state index contributed by atoms with van der Waals surface area (Å²) in [5.41, 5.74) is 2.71. The Morgan fingerprint density at radius 2 is 1.82 bits per heavy atom. The molecule has 3 atom stereocenters. The highest BCUT2D eigenvalue weighted by atomic mass is 16.5. The van der Waals surface area contributed by atoms with Gasteiger partial charge in [-0.05, 0) is 48.2 Å². The number of benzene rings is 2. The summed E-state index contributed by atoms with van der Waals surface area (Å²) >= 11 is 0. The van der Waals surface area contributed by atoms with Crippen molar-refractivity contribution in [3.8, 4) is 16.9 Å². The zero-order valence-corrected chi connectivity index (χ0v) is 18.3. The monoisotopic (exact) mass is 446 g/mol. The van der Waals surface area contributed by atoms with E-state index < -0.39 is 18.1 Å². The number of amides is 1. The number of carbonyl (C=O) groups excluding carboxylic acids is 3. The molecule has 3 aromatic rings. The molecule has 0 aliphatic carbocycles. The summed E-state index contributed by atoms with van der Waals surface area (Å²) in [7, 11) is 0. The van der Waals surface area contributed by atoms with Crippen molar-refractivity contribution in [2.45, 2.75) is 31.9 Å². The maximum absolute atomic E-state index is 13.1. The number of nitrogens with zero attached hydrogens (tertiary/aromatic N) is 1. The number of rotatable bonds is 7. The number of phenolic OH excluding ortho intramolecular Hbond substituents is 1. The summed E-state index contributed by atoms with van der Waals surface area (Å²) in [4.78, 5) is 38.3. The molecule has 0 spiro atoms. The number of aromatic nitrogens is 1. The number of carbonyl (C=O) groups is 3.